The lowest BCUT2D eigenvalue weighted by atomic mass is 10.2. The Morgan fingerprint density at radius 2 is 2.33 bits per heavy atom. The van der Waals surface area contributed by atoms with Gasteiger partial charge in [-0.1, -0.05) is 16.8 Å². The Morgan fingerprint density at radius 1 is 1.61 bits per heavy atom. The van der Waals surface area contributed by atoms with E-state index in [0.717, 1.165) is 11.3 Å². The van der Waals surface area contributed by atoms with E-state index in [1.165, 1.54) is 16.4 Å². The molecular formula is C9H12ClN3O3S2. The summed E-state index contributed by atoms with van der Waals surface area (Å²) in [6.07, 6.45) is 1.23. The first-order chi connectivity index (χ1) is 8.46. The summed E-state index contributed by atoms with van der Waals surface area (Å²) >= 11 is 6.74. The molecule has 1 aliphatic heterocycles. The lowest BCUT2D eigenvalue weighted by Gasteiger charge is -2.21. The quantitative estimate of drug-likeness (QED) is 0.381. The van der Waals surface area contributed by atoms with Crippen LogP contribution in [0.15, 0.2) is 21.5 Å². The van der Waals surface area contributed by atoms with Crippen molar-refractivity contribution in [1.82, 2.24) is 4.31 Å². The molecule has 2 heterocycles. The molecule has 2 rings (SSSR count). The van der Waals surface area contributed by atoms with Gasteiger partial charge in [-0.15, -0.1) is 11.3 Å². The van der Waals surface area contributed by atoms with Gasteiger partial charge in [0.15, 0.2) is 5.84 Å². The molecule has 0 aromatic carbocycles. The van der Waals surface area contributed by atoms with Gasteiger partial charge in [0, 0.05) is 6.54 Å². The first-order valence-electron chi connectivity index (χ1n) is 5.21. The zero-order chi connectivity index (χ0) is 13.3. The number of rotatable bonds is 3. The fourth-order valence-electron chi connectivity index (χ4n) is 1.94. The van der Waals surface area contributed by atoms with Gasteiger partial charge in [0.2, 0.25) is 0 Å². The fourth-order valence-corrected chi connectivity index (χ4v) is 5.22. The molecule has 1 aromatic rings. The Morgan fingerprint density at radius 3 is 2.89 bits per heavy atom. The van der Waals surface area contributed by atoms with Crippen LogP contribution in [-0.4, -0.2) is 36.4 Å². The molecule has 9 heteroatoms. The first-order valence-corrected chi connectivity index (χ1v) is 7.85. The van der Waals surface area contributed by atoms with E-state index >= 15 is 0 Å². The lowest BCUT2D eigenvalue weighted by molar-refractivity contribution is 0.311. The summed E-state index contributed by atoms with van der Waals surface area (Å²) in [5.41, 5.74) is 5.52. The van der Waals surface area contributed by atoms with Gasteiger partial charge < -0.3 is 10.9 Å². The maximum absolute atomic E-state index is 12.4. The second-order valence-electron chi connectivity index (χ2n) is 3.86. The number of oxime groups is 1. The highest BCUT2D eigenvalue weighted by atomic mass is 35.5. The smallest absolute Gasteiger partial charge is 0.253 e. The minimum atomic E-state index is -3.63. The van der Waals surface area contributed by atoms with Crippen molar-refractivity contribution in [3.05, 3.63) is 16.5 Å². The van der Waals surface area contributed by atoms with Crippen LogP contribution in [0.4, 0.5) is 0 Å². The summed E-state index contributed by atoms with van der Waals surface area (Å²) in [6.45, 7) is 0.360. The topological polar surface area (TPSA) is 96.0 Å². The number of nitrogens with zero attached hydrogens (tertiary/aromatic N) is 2. The second kappa shape index (κ2) is 5.04. The minimum Gasteiger partial charge on any atom is -0.409 e. The van der Waals surface area contributed by atoms with Crippen molar-refractivity contribution < 1.29 is 13.6 Å². The van der Waals surface area contributed by atoms with E-state index in [2.05, 4.69) is 5.16 Å². The number of thiophene rings is 1. The van der Waals surface area contributed by atoms with Crippen molar-refractivity contribution >= 4 is 38.8 Å². The van der Waals surface area contributed by atoms with Crippen molar-refractivity contribution in [3.63, 3.8) is 0 Å². The Kier molecular flexibility index (Phi) is 3.81. The summed E-state index contributed by atoms with van der Waals surface area (Å²) in [7, 11) is -3.63. The van der Waals surface area contributed by atoms with Crippen LogP contribution in [0.25, 0.3) is 0 Å². The van der Waals surface area contributed by atoms with Gasteiger partial charge in [-0.3, -0.25) is 0 Å². The molecule has 1 unspecified atom stereocenters. The zero-order valence-corrected chi connectivity index (χ0v) is 11.7. The molecule has 6 nitrogen and oxygen atoms in total. The van der Waals surface area contributed by atoms with Crippen molar-refractivity contribution in [1.29, 1.82) is 0 Å². The average molecular weight is 310 g/mol. The third kappa shape index (κ3) is 2.33. The molecule has 0 spiro atoms. The van der Waals surface area contributed by atoms with Crippen molar-refractivity contribution in [2.24, 2.45) is 10.9 Å². The summed E-state index contributed by atoms with van der Waals surface area (Å²) in [4.78, 5) is 0. The van der Waals surface area contributed by atoms with Gasteiger partial charge in [0.1, 0.15) is 4.21 Å². The van der Waals surface area contributed by atoms with Crippen LogP contribution in [0.2, 0.25) is 4.34 Å². The number of nitrogens with two attached hydrogens (primary N) is 1. The molecule has 0 radical (unpaired) electrons. The fraction of sp³-hybridized carbons (Fsp3) is 0.444. The Bertz CT molecular complexity index is 569. The largest absolute Gasteiger partial charge is 0.409 e. The molecule has 0 bridgehead atoms. The molecule has 1 atom stereocenters. The number of hydrogen-bond acceptors (Lipinski definition) is 5. The third-order valence-electron chi connectivity index (χ3n) is 2.77. The van der Waals surface area contributed by atoms with E-state index in [-0.39, 0.29) is 10.0 Å². The van der Waals surface area contributed by atoms with Crippen molar-refractivity contribution in [2.75, 3.05) is 6.54 Å². The van der Waals surface area contributed by atoms with E-state index in [1.807, 2.05) is 0 Å². The predicted molar refractivity (Wildman–Crippen MR) is 69.7 cm³/mol. The standard InChI is InChI=1S/C9H12ClN3O3S2/c10-7-3-4-8(17-7)18(15,16)13-5-1-2-6(13)9(11)12-14/h3-4,6,14H,1-2,5H2,(H2,11,12). The summed E-state index contributed by atoms with van der Waals surface area (Å²) in [6, 6.07) is 2.42. The molecule has 18 heavy (non-hydrogen) atoms. The monoisotopic (exact) mass is 309 g/mol. The number of halogens is 1. The van der Waals surface area contributed by atoms with Crippen LogP contribution >= 0.6 is 22.9 Å². The molecular weight excluding hydrogens is 298 g/mol. The summed E-state index contributed by atoms with van der Waals surface area (Å²) < 4.78 is 26.6. The van der Waals surface area contributed by atoms with Crippen LogP contribution in [0.5, 0.6) is 0 Å². The van der Waals surface area contributed by atoms with Crippen LogP contribution < -0.4 is 5.73 Å². The van der Waals surface area contributed by atoms with Crippen LogP contribution in [0.3, 0.4) is 0 Å². The second-order valence-corrected chi connectivity index (χ2v) is 7.69. The van der Waals surface area contributed by atoms with E-state index in [0.29, 0.717) is 23.7 Å². The maximum atomic E-state index is 12.4. The summed E-state index contributed by atoms with van der Waals surface area (Å²) in [5, 5.41) is 11.6. The first kappa shape index (κ1) is 13.6. The molecule has 100 valence electrons. The molecule has 1 aromatic heterocycles. The molecule has 1 fully saturated rings. The molecule has 1 saturated heterocycles. The molecule has 1 aliphatic rings. The van der Waals surface area contributed by atoms with Crippen LogP contribution in [-0.2, 0) is 10.0 Å². The normalized spacial score (nSPS) is 22.5. The van der Waals surface area contributed by atoms with E-state index in [4.69, 9.17) is 22.5 Å². The third-order valence-corrected chi connectivity index (χ3v) is 6.38. The van der Waals surface area contributed by atoms with Crippen LogP contribution in [0, 0.1) is 0 Å². The average Bonchev–Trinajstić information content (AvgIpc) is 2.96. The highest BCUT2D eigenvalue weighted by molar-refractivity contribution is 7.91. The molecule has 3 N–H and O–H groups in total. The number of hydrogen-bond donors (Lipinski definition) is 2. The Labute approximate surface area is 114 Å². The maximum Gasteiger partial charge on any atom is 0.253 e. The van der Waals surface area contributed by atoms with Gasteiger partial charge in [0.05, 0.1) is 10.4 Å². The van der Waals surface area contributed by atoms with E-state index in [1.54, 1.807) is 0 Å². The van der Waals surface area contributed by atoms with Gasteiger partial charge in [-0.05, 0) is 25.0 Å². The summed E-state index contributed by atoms with van der Waals surface area (Å²) in [5.74, 6) is -0.0845. The Hall–Kier alpha value is -0.830. The molecule has 0 amide bonds. The molecule has 0 saturated carbocycles. The van der Waals surface area contributed by atoms with Gasteiger partial charge in [-0.25, -0.2) is 8.42 Å². The zero-order valence-electron chi connectivity index (χ0n) is 9.28. The van der Waals surface area contributed by atoms with Crippen molar-refractivity contribution in [3.8, 4) is 0 Å². The SMILES string of the molecule is NC(=NO)C1CCCN1S(=O)(=O)c1ccc(Cl)s1. The minimum absolute atomic E-state index is 0.0845. The van der Waals surface area contributed by atoms with Crippen molar-refractivity contribution in [2.45, 2.75) is 23.1 Å². The molecule has 0 aliphatic carbocycles. The Balaban J connectivity index is 2.35. The van der Waals surface area contributed by atoms with Gasteiger partial charge in [-0.2, -0.15) is 4.31 Å². The van der Waals surface area contributed by atoms with Gasteiger partial charge in [0.25, 0.3) is 10.0 Å². The number of sulfonamides is 1. The van der Waals surface area contributed by atoms with E-state index in [9.17, 15) is 8.42 Å². The van der Waals surface area contributed by atoms with Gasteiger partial charge >= 0.3 is 0 Å². The number of amidine groups is 1. The highest BCUT2D eigenvalue weighted by Gasteiger charge is 2.38. The predicted octanol–water partition coefficient (Wildman–Crippen LogP) is 1.30. The lowest BCUT2D eigenvalue weighted by Crippen LogP contribution is -2.43. The highest BCUT2D eigenvalue weighted by Crippen LogP contribution is 2.32. The van der Waals surface area contributed by atoms with Crippen LogP contribution in [0.1, 0.15) is 12.8 Å². The van der Waals surface area contributed by atoms with E-state index < -0.39 is 16.1 Å².